The summed E-state index contributed by atoms with van der Waals surface area (Å²) in [6.45, 7) is 8.00. The Morgan fingerprint density at radius 2 is 1.61 bits per heavy atom. The molecule has 0 unspecified atom stereocenters. The van der Waals surface area contributed by atoms with Gasteiger partial charge < -0.3 is 14.2 Å². The summed E-state index contributed by atoms with van der Waals surface area (Å²) in [6.07, 6.45) is 0.811. The Bertz CT molecular complexity index is 1120. The number of anilines is 2. The molecule has 0 bridgehead atoms. The summed E-state index contributed by atoms with van der Waals surface area (Å²) < 4.78 is 6.18. The standard InChI is InChI=1S/C23H24N4O/c1-3-20-24-21-18-6-4-5-7-19(18)28-22(21)23(25-20)27-14-12-26(13-15-27)17-10-8-16(2)9-11-17/h4-11H,3,12-15H2,1-2H3. The quantitative estimate of drug-likeness (QED) is 0.527. The van der Waals surface area contributed by atoms with E-state index in [2.05, 4.69) is 54.0 Å². The third-order valence-corrected chi connectivity index (χ3v) is 5.54. The van der Waals surface area contributed by atoms with E-state index >= 15 is 0 Å². The van der Waals surface area contributed by atoms with Gasteiger partial charge in [-0.05, 0) is 31.2 Å². The highest BCUT2D eigenvalue weighted by atomic mass is 16.3. The lowest BCUT2D eigenvalue weighted by Gasteiger charge is -2.36. The van der Waals surface area contributed by atoms with Gasteiger partial charge in [0.15, 0.2) is 11.4 Å². The Morgan fingerprint density at radius 3 is 2.36 bits per heavy atom. The minimum Gasteiger partial charge on any atom is -0.450 e. The molecule has 0 aliphatic carbocycles. The maximum Gasteiger partial charge on any atom is 0.196 e. The third kappa shape index (κ3) is 2.87. The highest BCUT2D eigenvalue weighted by Crippen LogP contribution is 2.33. The average Bonchev–Trinajstić information content (AvgIpc) is 3.12. The van der Waals surface area contributed by atoms with Crippen molar-refractivity contribution in [2.45, 2.75) is 20.3 Å². The molecule has 142 valence electrons. The van der Waals surface area contributed by atoms with Gasteiger partial charge in [0.05, 0.1) is 0 Å². The molecule has 0 saturated carbocycles. The van der Waals surface area contributed by atoms with E-state index < -0.39 is 0 Å². The summed E-state index contributed by atoms with van der Waals surface area (Å²) in [6, 6.07) is 16.9. The van der Waals surface area contributed by atoms with E-state index in [1.54, 1.807) is 0 Å². The lowest BCUT2D eigenvalue weighted by Crippen LogP contribution is -2.47. The van der Waals surface area contributed by atoms with Crippen LogP contribution in [0, 0.1) is 6.92 Å². The summed E-state index contributed by atoms with van der Waals surface area (Å²) in [5.74, 6) is 1.80. The van der Waals surface area contributed by atoms with Crippen LogP contribution in [-0.4, -0.2) is 36.1 Å². The van der Waals surface area contributed by atoms with Crippen molar-refractivity contribution in [3.05, 3.63) is 59.9 Å². The van der Waals surface area contributed by atoms with E-state index in [0.717, 1.165) is 66.3 Å². The Labute approximate surface area is 164 Å². The maximum absolute atomic E-state index is 6.18. The molecule has 1 fully saturated rings. The van der Waals surface area contributed by atoms with Crippen LogP contribution >= 0.6 is 0 Å². The summed E-state index contributed by atoms with van der Waals surface area (Å²) in [4.78, 5) is 14.4. The molecule has 2 aromatic carbocycles. The highest BCUT2D eigenvalue weighted by Gasteiger charge is 2.23. The van der Waals surface area contributed by atoms with Crippen LogP contribution in [0.3, 0.4) is 0 Å². The van der Waals surface area contributed by atoms with E-state index in [-0.39, 0.29) is 0 Å². The molecule has 1 aliphatic rings. The van der Waals surface area contributed by atoms with Crippen molar-refractivity contribution in [2.24, 2.45) is 0 Å². The maximum atomic E-state index is 6.18. The van der Waals surface area contributed by atoms with Gasteiger partial charge in [0.2, 0.25) is 0 Å². The Morgan fingerprint density at radius 1 is 0.893 bits per heavy atom. The number of furan rings is 1. The number of aryl methyl sites for hydroxylation is 2. The molecule has 0 radical (unpaired) electrons. The van der Waals surface area contributed by atoms with Crippen molar-refractivity contribution < 1.29 is 4.42 Å². The molecule has 1 saturated heterocycles. The van der Waals surface area contributed by atoms with Crippen molar-refractivity contribution in [1.82, 2.24) is 9.97 Å². The first-order valence-electron chi connectivity index (χ1n) is 9.97. The number of aromatic nitrogens is 2. The van der Waals surface area contributed by atoms with Gasteiger partial charge in [0.1, 0.15) is 16.9 Å². The molecular formula is C23H24N4O. The number of piperazine rings is 1. The fourth-order valence-corrected chi connectivity index (χ4v) is 3.93. The number of hydrogen-bond acceptors (Lipinski definition) is 5. The molecule has 1 aliphatic heterocycles. The van der Waals surface area contributed by atoms with E-state index in [1.165, 1.54) is 11.3 Å². The van der Waals surface area contributed by atoms with Crippen LogP contribution in [0.4, 0.5) is 11.5 Å². The zero-order valence-electron chi connectivity index (χ0n) is 16.4. The van der Waals surface area contributed by atoms with Gasteiger partial charge in [-0.25, -0.2) is 9.97 Å². The lowest BCUT2D eigenvalue weighted by atomic mass is 10.2. The third-order valence-electron chi connectivity index (χ3n) is 5.54. The number of rotatable bonds is 3. The minimum atomic E-state index is 0.808. The van der Waals surface area contributed by atoms with Crippen LogP contribution in [-0.2, 0) is 6.42 Å². The van der Waals surface area contributed by atoms with Gasteiger partial charge in [-0.3, -0.25) is 0 Å². The Kier molecular flexibility index (Phi) is 4.15. The van der Waals surface area contributed by atoms with Crippen molar-refractivity contribution >= 4 is 33.6 Å². The molecule has 0 spiro atoms. The minimum absolute atomic E-state index is 0.808. The fourth-order valence-electron chi connectivity index (χ4n) is 3.93. The molecule has 0 N–H and O–H groups in total. The second-order valence-corrected chi connectivity index (χ2v) is 7.40. The highest BCUT2D eigenvalue weighted by molar-refractivity contribution is 6.05. The molecule has 2 aromatic heterocycles. The molecular weight excluding hydrogens is 348 g/mol. The molecule has 0 amide bonds. The van der Waals surface area contributed by atoms with Gasteiger partial charge in [-0.15, -0.1) is 0 Å². The normalized spacial score (nSPS) is 14.9. The molecule has 28 heavy (non-hydrogen) atoms. The second kappa shape index (κ2) is 6.82. The largest absolute Gasteiger partial charge is 0.450 e. The number of nitrogens with zero attached hydrogens (tertiary/aromatic N) is 4. The van der Waals surface area contributed by atoms with Crippen LogP contribution < -0.4 is 9.80 Å². The predicted molar refractivity (Wildman–Crippen MR) is 114 cm³/mol. The number of fused-ring (bicyclic) bond motifs is 3. The smallest absolute Gasteiger partial charge is 0.196 e. The fraction of sp³-hybridized carbons (Fsp3) is 0.304. The predicted octanol–water partition coefficient (Wildman–Crippen LogP) is 4.57. The summed E-state index contributed by atoms with van der Waals surface area (Å²) in [7, 11) is 0. The first kappa shape index (κ1) is 17.0. The van der Waals surface area contributed by atoms with Gasteiger partial charge >= 0.3 is 0 Å². The first-order chi connectivity index (χ1) is 13.7. The van der Waals surface area contributed by atoms with E-state index in [4.69, 9.17) is 14.4 Å². The first-order valence-corrected chi connectivity index (χ1v) is 9.97. The molecule has 4 aromatic rings. The van der Waals surface area contributed by atoms with Crippen molar-refractivity contribution in [3.8, 4) is 0 Å². The Hall–Kier alpha value is -3.08. The zero-order chi connectivity index (χ0) is 19.1. The van der Waals surface area contributed by atoms with E-state index in [0.29, 0.717) is 0 Å². The van der Waals surface area contributed by atoms with Crippen LogP contribution in [0.25, 0.3) is 22.1 Å². The molecule has 5 rings (SSSR count). The van der Waals surface area contributed by atoms with E-state index in [1.807, 2.05) is 18.2 Å². The van der Waals surface area contributed by atoms with Gasteiger partial charge in [0.25, 0.3) is 0 Å². The molecule has 5 nitrogen and oxygen atoms in total. The van der Waals surface area contributed by atoms with Gasteiger partial charge in [0, 0.05) is 43.7 Å². The molecule has 0 atom stereocenters. The monoisotopic (exact) mass is 372 g/mol. The van der Waals surface area contributed by atoms with Crippen LogP contribution in [0.15, 0.2) is 52.9 Å². The summed E-state index contributed by atoms with van der Waals surface area (Å²) in [5, 5.41) is 1.06. The van der Waals surface area contributed by atoms with Gasteiger partial charge in [-0.2, -0.15) is 0 Å². The second-order valence-electron chi connectivity index (χ2n) is 7.40. The topological polar surface area (TPSA) is 45.4 Å². The van der Waals surface area contributed by atoms with Crippen LogP contribution in [0.1, 0.15) is 18.3 Å². The van der Waals surface area contributed by atoms with Crippen LogP contribution in [0.5, 0.6) is 0 Å². The summed E-state index contributed by atoms with van der Waals surface area (Å²) >= 11 is 0. The lowest BCUT2D eigenvalue weighted by molar-refractivity contribution is 0.627. The zero-order valence-corrected chi connectivity index (χ0v) is 16.4. The SMILES string of the molecule is CCc1nc(N2CCN(c3ccc(C)cc3)CC2)c2oc3ccccc3c2n1. The average molecular weight is 372 g/mol. The number of hydrogen-bond donors (Lipinski definition) is 0. The summed E-state index contributed by atoms with van der Waals surface area (Å²) in [5.41, 5.74) is 5.19. The molecule has 5 heteroatoms. The van der Waals surface area contributed by atoms with Crippen molar-refractivity contribution in [1.29, 1.82) is 0 Å². The van der Waals surface area contributed by atoms with E-state index in [9.17, 15) is 0 Å². The Balaban J connectivity index is 1.48. The van der Waals surface area contributed by atoms with Gasteiger partial charge in [-0.1, -0.05) is 36.8 Å². The molecule has 3 heterocycles. The van der Waals surface area contributed by atoms with Crippen LogP contribution in [0.2, 0.25) is 0 Å². The number of benzene rings is 2. The number of para-hydroxylation sites is 1. The van der Waals surface area contributed by atoms with Crippen molar-refractivity contribution in [2.75, 3.05) is 36.0 Å². The van der Waals surface area contributed by atoms with Crippen molar-refractivity contribution in [3.63, 3.8) is 0 Å².